The molecule has 0 atom stereocenters. The number of para-hydroxylation sites is 1. The Kier molecular flexibility index (Phi) is 7.41. The maximum absolute atomic E-state index is 5.94. The van der Waals surface area contributed by atoms with E-state index in [1.54, 1.807) is 0 Å². The Balaban J connectivity index is 1.52. The molecular formula is C26H33N3O2. The number of benzene rings is 2. The van der Waals surface area contributed by atoms with Crippen molar-refractivity contribution in [1.29, 1.82) is 0 Å². The standard InChI is InChI=1S/C26H33N3O2/c1-3-30-26(31-4-2)29-20-23(22-11-7-5-8-12-22)19-25(29)21-27-15-17-28(18-16-27)24-13-9-6-10-14-24/h5-14,19-20,26H,3-4,15-18,21H2,1-2H3. The molecule has 0 bridgehead atoms. The third kappa shape index (κ3) is 5.37. The lowest BCUT2D eigenvalue weighted by Gasteiger charge is -2.36. The fourth-order valence-electron chi connectivity index (χ4n) is 4.16. The molecule has 2 aromatic carbocycles. The van der Waals surface area contributed by atoms with Gasteiger partial charge in [0.1, 0.15) is 0 Å². The summed E-state index contributed by atoms with van der Waals surface area (Å²) >= 11 is 0. The molecule has 4 rings (SSSR count). The molecule has 1 saturated heterocycles. The van der Waals surface area contributed by atoms with Gasteiger partial charge in [0.05, 0.1) is 0 Å². The van der Waals surface area contributed by atoms with Crippen molar-refractivity contribution < 1.29 is 9.47 Å². The summed E-state index contributed by atoms with van der Waals surface area (Å²) in [4.78, 5) is 4.99. The van der Waals surface area contributed by atoms with Gasteiger partial charge in [-0.25, -0.2) is 0 Å². The van der Waals surface area contributed by atoms with E-state index in [1.165, 1.54) is 22.5 Å². The number of rotatable bonds is 9. The van der Waals surface area contributed by atoms with E-state index in [2.05, 4.69) is 87.3 Å². The minimum atomic E-state index is -0.395. The van der Waals surface area contributed by atoms with Gasteiger partial charge in [-0.2, -0.15) is 0 Å². The van der Waals surface area contributed by atoms with Crippen LogP contribution in [0.25, 0.3) is 11.1 Å². The zero-order chi connectivity index (χ0) is 21.5. The lowest BCUT2D eigenvalue weighted by molar-refractivity contribution is -0.187. The summed E-state index contributed by atoms with van der Waals surface area (Å²) in [5.41, 5.74) is 4.94. The highest BCUT2D eigenvalue weighted by molar-refractivity contribution is 5.63. The summed E-state index contributed by atoms with van der Waals surface area (Å²) in [7, 11) is 0. The van der Waals surface area contributed by atoms with Crippen molar-refractivity contribution in [2.45, 2.75) is 26.8 Å². The lowest BCUT2D eigenvalue weighted by Crippen LogP contribution is -2.46. The highest BCUT2D eigenvalue weighted by Gasteiger charge is 2.22. The first-order chi connectivity index (χ1) is 15.3. The monoisotopic (exact) mass is 419 g/mol. The van der Waals surface area contributed by atoms with Crippen LogP contribution in [0, 0.1) is 0 Å². The quantitative estimate of drug-likeness (QED) is 0.456. The summed E-state index contributed by atoms with van der Waals surface area (Å²) in [5, 5.41) is 0. The van der Waals surface area contributed by atoms with Crippen molar-refractivity contribution in [3.8, 4) is 11.1 Å². The third-order valence-corrected chi connectivity index (χ3v) is 5.76. The van der Waals surface area contributed by atoms with E-state index in [4.69, 9.17) is 9.47 Å². The molecule has 1 fully saturated rings. The van der Waals surface area contributed by atoms with Crippen LogP contribution in [0.15, 0.2) is 72.9 Å². The van der Waals surface area contributed by atoms with E-state index < -0.39 is 6.41 Å². The van der Waals surface area contributed by atoms with E-state index in [9.17, 15) is 0 Å². The summed E-state index contributed by atoms with van der Waals surface area (Å²) in [6, 6.07) is 23.5. The van der Waals surface area contributed by atoms with Gasteiger partial charge in [-0.05, 0) is 43.2 Å². The van der Waals surface area contributed by atoms with Crippen LogP contribution in [0.5, 0.6) is 0 Å². The molecule has 0 unspecified atom stereocenters. The first kappa shape index (κ1) is 21.6. The Morgan fingerprint density at radius 1 is 0.774 bits per heavy atom. The highest BCUT2D eigenvalue weighted by atomic mass is 16.7. The van der Waals surface area contributed by atoms with Crippen LogP contribution in [0.3, 0.4) is 0 Å². The van der Waals surface area contributed by atoms with Gasteiger partial charge in [0.2, 0.25) is 6.41 Å². The van der Waals surface area contributed by atoms with E-state index >= 15 is 0 Å². The molecular weight excluding hydrogens is 386 g/mol. The van der Waals surface area contributed by atoms with Crippen LogP contribution < -0.4 is 4.90 Å². The molecule has 164 valence electrons. The van der Waals surface area contributed by atoms with Crippen LogP contribution in [0.2, 0.25) is 0 Å². The Morgan fingerprint density at radius 2 is 1.39 bits per heavy atom. The number of aromatic nitrogens is 1. The summed E-state index contributed by atoms with van der Waals surface area (Å²) in [5.74, 6) is 0. The third-order valence-electron chi connectivity index (χ3n) is 5.76. The van der Waals surface area contributed by atoms with Crippen LogP contribution in [0.4, 0.5) is 5.69 Å². The number of piperazine rings is 1. The van der Waals surface area contributed by atoms with E-state index in [0.29, 0.717) is 13.2 Å². The van der Waals surface area contributed by atoms with Crippen LogP contribution in [-0.4, -0.2) is 48.9 Å². The average Bonchev–Trinajstić information content (AvgIpc) is 3.24. The van der Waals surface area contributed by atoms with Gasteiger partial charge in [-0.1, -0.05) is 48.5 Å². The Morgan fingerprint density at radius 3 is 2.00 bits per heavy atom. The normalized spacial score (nSPS) is 15.0. The smallest absolute Gasteiger partial charge is 0.244 e. The van der Waals surface area contributed by atoms with Crippen molar-refractivity contribution in [1.82, 2.24) is 9.47 Å². The molecule has 1 aliphatic rings. The molecule has 1 aliphatic heterocycles. The number of nitrogens with zero attached hydrogens (tertiary/aromatic N) is 3. The van der Waals surface area contributed by atoms with Crippen molar-refractivity contribution in [2.24, 2.45) is 0 Å². The zero-order valence-corrected chi connectivity index (χ0v) is 18.6. The van der Waals surface area contributed by atoms with E-state index in [0.717, 1.165) is 32.7 Å². The van der Waals surface area contributed by atoms with Gasteiger partial charge in [0.15, 0.2) is 0 Å². The number of anilines is 1. The minimum absolute atomic E-state index is 0.395. The van der Waals surface area contributed by atoms with Gasteiger partial charge in [-0.3, -0.25) is 4.90 Å². The Bertz CT molecular complexity index is 912. The topological polar surface area (TPSA) is 29.9 Å². The molecule has 5 nitrogen and oxygen atoms in total. The molecule has 0 amide bonds. The maximum atomic E-state index is 5.94. The second-order valence-corrected chi connectivity index (χ2v) is 7.81. The van der Waals surface area contributed by atoms with Gasteiger partial charge < -0.3 is 18.9 Å². The average molecular weight is 420 g/mol. The molecule has 1 aromatic heterocycles. The lowest BCUT2D eigenvalue weighted by atomic mass is 10.1. The largest absolute Gasteiger partial charge is 0.369 e. The summed E-state index contributed by atoms with van der Waals surface area (Å²) in [6.07, 6.45) is 1.77. The molecule has 0 saturated carbocycles. The van der Waals surface area contributed by atoms with Crippen molar-refractivity contribution in [2.75, 3.05) is 44.3 Å². The number of hydrogen-bond donors (Lipinski definition) is 0. The SMILES string of the molecule is CCOC(OCC)n1cc(-c2ccccc2)cc1CN1CCN(c2ccccc2)CC1. The van der Waals surface area contributed by atoms with Crippen molar-refractivity contribution in [3.63, 3.8) is 0 Å². The zero-order valence-electron chi connectivity index (χ0n) is 18.6. The maximum Gasteiger partial charge on any atom is 0.244 e. The first-order valence-corrected chi connectivity index (χ1v) is 11.3. The summed E-state index contributed by atoms with van der Waals surface area (Å²) < 4.78 is 14.0. The first-order valence-electron chi connectivity index (χ1n) is 11.3. The predicted molar refractivity (Wildman–Crippen MR) is 126 cm³/mol. The highest BCUT2D eigenvalue weighted by Crippen LogP contribution is 2.27. The van der Waals surface area contributed by atoms with Crippen LogP contribution in [-0.2, 0) is 16.0 Å². The molecule has 0 spiro atoms. The molecule has 0 aliphatic carbocycles. The summed E-state index contributed by atoms with van der Waals surface area (Å²) in [6.45, 7) is 10.3. The Hall–Kier alpha value is -2.60. The van der Waals surface area contributed by atoms with Gasteiger partial charge in [0, 0.05) is 63.5 Å². The molecule has 0 N–H and O–H groups in total. The van der Waals surface area contributed by atoms with E-state index in [-0.39, 0.29) is 0 Å². The predicted octanol–water partition coefficient (Wildman–Crippen LogP) is 5.01. The van der Waals surface area contributed by atoms with Crippen molar-refractivity contribution in [3.05, 3.63) is 78.6 Å². The fraction of sp³-hybridized carbons (Fsp3) is 0.385. The molecule has 5 heteroatoms. The van der Waals surface area contributed by atoms with Crippen molar-refractivity contribution >= 4 is 5.69 Å². The Labute approximate surface area is 185 Å². The molecule has 3 aromatic rings. The molecule has 31 heavy (non-hydrogen) atoms. The van der Waals surface area contributed by atoms with E-state index in [1.807, 2.05) is 13.8 Å². The van der Waals surface area contributed by atoms with Crippen LogP contribution >= 0.6 is 0 Å². The fourth-order valence-corrected chi connectivity index (χ4v) is 4.16. The number of hydrogen-bond acceptors (Lipinski definition) is 4. The molecule has 0 radical (unpaired) electrons. The number of ether oxygens (including phenoxy) is 2. The molecule has 2 heterocycles. The second-order valence-electron chi connectivity index (χ2n) is 7.81. The van der Waals surface area contributed by atoms with Crippen LogP contribution in [0.1, 0.15) is 26.0 Å². The minimum Gasteiger partial charge on any atom is -0.369 e. The van der Waals surface area contributed by atoms with Gasteiger partial charge in [-0.15, -0.1) is 0 Å². The van der Waals surface area contributed by atoms with Gasteiger partial charge in [0.25, 0.3) is 0 Å². The second kappa shape index (κ2) is 10.6. The van der Waals surface area contributed by atoms with Gasteiger partial charge >= 0.3 is 0 Å².